The molecule has 0 fully saturated rings. The SMILES string of the molecule is CC(C)(CO)[S+]([O-])c1ccc(OC2=CCC=C([SH](=O)=O)C=C2)cc1. The molecule has 2 rings (SSSR count). The minimum Gasteiger partial charge on any atom is -0.611 e. The summed E-state index contributed by atoms with van der Waals surface area (Å²) >= 11 is -1.33. The van der Waals surface area contributed by atoms with Crippen molar-refractivity contribution < 1.29 is 22.8 Å². The molecule has 1 aromatic rings. The van der Waals surface area contributed by atoms with Crippen LogP contribution in [0.5, 0.6) is 5.75 Å². The number of ether oxygens (including phenoxy) is 1. The summed E-state index contributed by atoms with van der Waals surface area (Å²) in [6, 6.07) is 6.79. The third kappa shape index (κ3) is 4.73. The molecule has 1 aliphatic carbocycles. The molecule has 0 radical (unpaired) electrons. The molecular weight excluding hydrogens is 348 g/mol. The Kier molecular flexibility index (Phi) is 6.28. The van der Waals surface area contributed by atoms with E-state index < -0.39 is 26.6 Å². The Balaban J connectivity index is 2.08. The molecule has 1 N–H and O–H groups in total. The third-order valence-corrected chi connectivity index (χ3v) is 6.02. The number of allylic oxidation sites excluding steroid dienone is 4. The van der Waals surface area contributed by atoms with Crippen molar-refractivity contribution in [2.45, 2.75) is 29.9 Å². The van der Waals surface area contributed by atoms with Gasteiger partial charge in [-0.25, -0.2) is 8.42 Å². The topological polar surface area (TPSA) is 86.7 Å². The number of thiol groups is 1. The fourth-order valence-corrected chi connectivity index (χ4v) is 3.54. The van der Waals surface area contributed by atoms with E-state index in [4.69, 9.17) is 4.74 Å². The van der Waals surface area contributed by atoms with Crippen LogP contribution in [0, 0.1) is 0 Å². The number of benzene rings is 1. The molecule has 0 spiro atoms. The maximum Gasteiger partial charge on any atom is 0.167 e. The van der Waals surface area contributed by atoms with E-state index in [0.29, 0.717) is 22.8 Å². The van der Waals surface area contributed by atoms with E-state index >= 15 is 0 Å². The zero-order chi connectivity index (χ0) is 17.7. The standard InChI is InChI=1S/C17H20O5S2/c1-17(2,12-18)23(19)15-9-6-14(7-10-15)22-13-4-3-5-16(11-8-13)24(20)21/h4-11,18,24H,3,12H2,1-2H3. The zero-order valence-corrected chi connectivity index (χ0v) is 15.2. The molecule has 7 heteroatoms. The summed E-state index contributed by atoms with van der Waals surface area (Å²) in [5.41, 5.74) is 0. The highest BCUT2D eigenvalue weighted by molar-refractivity contribution is 7.92. The molecule has 0 aliphatic heterocycles. The van der Waals surface area contributed by atoms with Crippen molar-refractivity contribution in [1.82, 2.24) is 0 Å². The molecule has 1 aliphatic rings. The summed E-state index contributed by atoms with van der Waals surface area (Å²) in [4.78, 5) is 0.871. The van der Waals surface area contributed by atoms with Crippen LogP contribution in [0.4, 0.5) is 0 Å². The molecule has 24 heavy (non-hydrogen) atoms. The molecule has 0 saturated carbocycles. The van der Waals surface area contributed by atoms with Crippen LogP contribution in [-0.2, 0) is 21.9 Å². The largest absolute Gasteiger partial charge is 0.611 e. The molecule has 1 aromatic carbocycles. The van der Waals surface area contributed by atoms with Gasteiger partial charge in [0.25, 0.3) is 0 Å². The Hall–Kier alpha value is -1.54. The van der Waals surface area contributed by atoms with E-state index in [-0.39, 0.29) is 11.5 Å². The zero-order valence-electron chi connectivity index (χ0n) is 13.5. The second-order valence-electron chi connectivity index (χ2n) is 5.82. The maximum atomic E-state index is 12.4. The molecular formula is C17H20O5S2. The van der Waals surface area contributed by atoms with Crippen molar-refractivity contribution in [3.8, 4) is 5.75 Å². The summed E-state index contributed by atoms with van der Waals surface area (Å²) in [7, 11) is -2.61. The first kappa shape index (κ1) is 18.8. The van der Waals surface area contributed by atoms with Crippen LogP contribution in [0.3, 0.4) is 0 Å². The molecule has 0 heterocycles. The van der Waals surface area contributed by atoms with E-state index in [1.807, 2.05) is 0 Å². The van der Waals surface area contributed by atoms with Gasteiger partial charge in [-0.3, -0.25) is 0 Å². The number of hydrogen-bond acceptors (Lipinski definition) is 5. The summed E-state index contributed by atoms with van der Waals surface area (Å²) in [6.45, 7) is 3.30. The molecule has 0 amide bonds. The van der Waals surface area contributed by atoms with Crippen LogP contribution in [0.2, 0.25) is 0 Å². The fourth-order valence-electron chi connectivity index (χ4n) is 1.96. The minimum atomic E-state index is -2.61. The smallest absolute Gasteiger partial charge is 0.167 e. The molecule has 0 bridgehead atoms. The van der Waals surface area contributed by atoms with Gasteiger partial charge in [-0.15, -0.1) is 0 Å². The number of rotatable bonds is 6. The van der Waals surface area contributed by atoms with E-state index in [1.165, 1.54) is 6.08 Å². The Labute approximate surface area is 146 Å². The molecule has 1 atom stereocenters. The van der Waals surface area contributed by atoms with Crippen molar-refractivity contribution in [1.29, 1.82) is 0 Å². The van der Waals surface area contributed by atoms with E-state index in [2.05, 4.69) is 0 Å². The predicted molar refractivity (Wildman–Crippen MR) is 94.9 cm³/mol. The van der Waals surface area contributed by atoms with Crippen LogP contribution in [0.25, 0.3) is 0 Å². The molecule has 0 aromatic heterocycles. The van der Waals surface area contributed by atoms with Gasteiger partial charge in [0.15, 0.2) is 15.6 Å². The Morgan fingerprint density at radius 3 is 2.46 bits per heavy atom. The third-order valence-electron chi connectivity index (χ3n) is 3.43. The summed E-state index contributed by atoms with van der Waals surface area (Å²) < 4.78 is 39.3. The Bertz CT molecular complexity index is 735. The number of aliphatic hydroxyl groups is 1. The first-order chi connectivity index (χ1) is 11.3. The van der Waals surface area contributed by atoms with Gasteiger partial charge in [-0.1, -0.05) is 6.08 Å². The second kappa shape index (κ2) is 8.02. The highest BCUT2D eigenvalue weighted by Gasteiger charge is 2.32. The quantitative estimate of drug-likeness (QED) is 0.594. The normalized spacial score (nSPS) is 16.4. The lowest BCUT2D eigenvalue weighted by Gasteiger charge is -2.26. The van der Waals surface area contributed by atoms with Crippen molar-refractivity contribution in [2.75, 3.05) is 6.61 Å². The Morgan fingerprint density at radius 2 is 1.88 bits per heavy atom. The van der Waals surface area contributed by atoms with Gasteiger partial charge in [0.05, 0.1) is 11.5 Å². The van der Waals surface area contributed by atoms with Gasteiger partial charge >= 0.3 is 0 Å². The van der Waals surface area contributed by atoms with Gasteiger partial charge in [-0.2, -0.15) is 0 Å². The van der Waals surface area contributed by atoms with E-state index in [9.17, 15) is 18.1 Å². The van der Waals surface area contributed by atoms with Gasteiger partial charge in [0.2, 0.25) is 0 Å². The molecule has 130 valence electrons. The van der Waals surface area contributed by atoms with Crippen LogP contribution in [0.15, 0.2) is 64.1 Å². The Morgan fingerprint density at radius 1 is 1.21 bits per heavy atom. The predicted octanol–water partition coefficient (Wildman–Crippen LogP) is 2.28. The van der Waals surface area contributed by atoms with Gasteiger partial charge in [-0.05, 0) is 73.9 Å². The average molecular weight is 368 g/mol. The van der Waals surface area contributed by atoms with Crippen molar-refractivity contribution in [3.63, 3.8) is 0 Å². The minimum absolute atomic E-state index is 0.174. The van der Waals surface area contributed by atoms with Crippen LogP contribution in [0.1, 0.15) is 20.3 Å². The first-order valence-electron chi connectivity index (χ1n) is 7.37. The lowest BCUT2D eigenvalue weighted by Crippen LogP contribution is -2.35. The first-order valence-corrected chi connectivity index (χ1v) is 9.69. The number of aliphatic hydroxyl groups excluding tert-OH is 1. The van der Waals surface area contributed by atoms with Crippen LogP contribution < -0.4 is 4.74 Å². The van der Waals surface area contributed by atoms with Crippen LogP contribution >= 0.6 is 0 Å². The highest BCUT2D eigenvalue weighted by atomic mass is 32.2. The van der Waals surface area contributed by atoms with Crippen molar-refractivity contribution in [3.05, 3.63) is 59.2 Å². The van der Waals surface area contributed by atoms with Crippen LogP contribution in [-0.4, -0.2) is 29.4 Å². The van der Waals surface area contributed by atoms with Gasteiger partial charge in [0.1, 0.15) is 16.3 Å². The lowest BCUT2D eigenvalue weighted by molar-refractivity contribution is 0.258. The van der Waals surface area contributed by atoms with Crippen molar-refractivity contribution in [2.24, 2.45) is 0 Å². The van der Waals surface area contributed by atoms with Gasteiger partial charge in [0, 0.05) is 0 Å². The lowest BCUT2D eigenvalue weighted by atomic mass is 10.2. The number of hydrogen-bond donors (Lipinski definition) is 2. The van der Waals surface area contributed by atoms with Crippen molar-refractivity contribution >= 4 is 21.9 Å². The molecule has 0 saturated heterocycles. The summed E-state index contributed by atoms with van der Waals surface area (Å²) in [5, 5.41) is 9.30. The second-order valence-corrected chi connectivity index (χ2v) is 8.97. The average Bonchev–Trinajstić information content (AvgIpc) is 2.80. The van der Waals surface area contributed by atoms with E-state index in [0.717, 1.165) is 0 Å². The molecule has 5 nitrogen and oxygen atoms in total. The monoisotopic (exact) mass is 368 g/mol. The van der Waals surface area contributed by atoms with E-state index in [1.54, 1.807) is 56.3 Å². The maximum absolute atomic E-state index is 12.4. The summed E-state index contributed by atoms with van der Waals surface area (Å²) in [6.07, 6.45) is 6.96. The van der Waals surface area contributed by atoms with Gasteiger partial charge < -0.3 is 14.4 Å². The molecule has 1 unspecified atom stereocenters. The summed E-state index contributed by atoms with van der Waals surface area (Å²) in [5.74, 6) is 1.10. The fraction of sp³-hybridized carbons (Fsp3) is 0.294. The highest BCUT2D eigenvalue weighted by Crippen LogP contribution is 2.27.